The van der Waals surface area contributed by atoms with Crippen LogP contribution in [0.25, 0.3) is 0 Å². The van der Waals surface area contributed by atoms with Crippen LogP contribution in [0.4, 0.5) is 11.4 Å². The van der Waals surface area contributed by atoms with Crippen LogP contribution in [-0.4, -0.2) is 14.1 Å². The van der Waals surface area contributed by atoms with Crippen LogP contribution in [0.15, 0.2) is 39.2 Å². The molecular weight excluding hydrogens is 316 g/mol. The quantitative estimate of drug-likeness (QED) is 0.902. The van der Waals surface area contributed by atoms with Crippen LogP contribution in [0.2, 0.25) is 5.22 Å². The van der Waals surface area contributed by atoms with Gasteiger partial charge in [0.25, 0.3) is 0 Å². The van der Waals surface area contributed by atoms with E-state index in [0.29, 0.717) is 11.8 Å². The lowest BCUT2D eigenvalue weighted by Gasteiger charge is -2.18. The van der Waals surface area contributed by atoms with E-state index in [9.17, 15) is 0 Å². The Kier molecular flexibility index (Phi) is 4.19. The lowest BCUT2D eigenvalue weighted by atomic mass is 10.2. The molecule has 1 aromatic carbocycles. The Morgan fingerprint density at radius 1 is 1.28 bits per heavy atom. The highest BCUT2D eigenvalue weighted by molar-refractivity contribution is 9.10. The minimum atomic E-state index is 0.411. The second-order valence-electron chi connectivity index (χ2n) is 4.12. The van der Waals surface area contributed by atoms with Gasteiger partial charge in [0.15, 0.2) is 5.22 Å². The van der Waals surface area contributed by atoms with E-state index in [2.05, 4.69) is 32.2 Å². The Bertz CT molecular complexity index is 540. The van der Waals surface area contributed by atoms with E-state index >= 15 is 0 Å². The fraction of sp³-hybridized carbons (Fsp3) is 0.231. The summed E-state index contributed by atoms with van der Waals surface area (Å²) in [6.07, 6.45) is 0. The zero-order valence-corrected chi connectivity index (χ0v) is 12.5. The van der Waals surface area contributed by atoms with Crippen LogP contribution in [0.5, 0.6) is 0 Å². The molecule has 0 aliphatic heterocycles. The number of nitrogens with one attached hydrogen (secondary N) is 1. The van der Waals surface area contributed by atoms with Crippen LogP contribution < -0.4 is 10.2 Å². The van der Waals surface area contributed by atoms with Crippen molar-refractivity contribution in [3.8, 4) is 0 Å². The number of furan rings is 1. The first-order valence-corrected chi connectivity index (χ1v) is 6.68. The molecule has 1 N–H and O–H groups in total. The van der Waals surface area contributed by atoms with Gasteiger partial charge in [0, 0.05) is 18.6 Å². The lowest BCUT2D eigenvalue weighted by Crippen LogP contribution is -2.12. The highest BCUT2D eigenvalue weighted by Crippen LogP contribution is 2.28. The van der Waals surface area contributed by atoms with E-state index in [1.165, 1.54) is 0 Å². The molecule has 0 radical (unpaired) electrons. The van der Waals surface area contributed by atoms with E-state index in [1.54, 1.807) is 6.07 Å². The Balaban J connectivity index is 2.15. The fourth-order valence-corrected chi connectivity index (χ4v) is 2.19. The number of hydrogen-bond acceptors (Lipinski definition) is 3. The minimum absolute atomic E-state index is 0.411. The van der Waals surface area contributed by atoms with Crippen molar-refractivity contribution in [2.24, 2.45) is 0 Å². The maximum absolute atomic E-state index is 5.74. The summed E-state index contributed by atoms with van der Waals surface area (Å²) in [5.74, 6) is 0.810. The van der Waals surface area contributed by atoms with Crippen molar-refractivity contribution < 1.29 is 4.42 Å². The minimum Gasteiger partial charge on any atom is -0.448 e. The standard InChI is InChI=1S/C13H14BrClN2O/c1-17(2)12-5-3-9(14)7-11(12)16-8-10-4-6-13(15)18-10/h3-7,16H,8H2,1-2H3. The van der Waals surface area contributed by atoms with Gasteiger partial charge in [-0.2, -0.15) is 0 Å². The Labute approximate surface area is 120 Å². The molecule has 1 heterocycles. The molecule has 0 bridgehead atoms. The zero-order chi connectivity index (χ0) is 13.1. The van der Waals surface area contributed by atoms with Crippen molar-refractivity contribution in [3.05, 3.63) is 45.8 Å². The highest BCUT2D eigenvalue weighted by Gasteiger charge is 2.06. The van der Waals surface area contributed by atoms with E-state index in [0.717, 1.165) is 21.6 Å². The maximum atomic E-state index is 5.74. The third kappa shape index (κ3) is 3.21. The third-order valence-corrected chi connectivity index (χ3v) is 3.22. The van der Waals surface area contributed by atoms with Crippen LogP contribution in [-0.2, 0) is 6.54 Å². The monoisotopic (exact) mass is 328 g/mol. The molecule has 0 unspecified atom stereocenters. The lowest BCUT2D eigenvalue weighted by molar-refractivity contribution is 0.520. The number of halogens is 2. The summed E-state index contributed by atoms with van der Waals surface area (Å²) >= 11 is 9.21. The van der Waals surface area contributed by atoms with Gasteiger partial charge in [-0.25, -0.2) is 0 Å². The zero-order valence-electron chi connectivity index (χ0n) is 10.2. The van der Waals surface area contributed by atoms with E-state index < -0.39 is 0 Å². The molecule has 0 spiro atoms. The number of nitrogens with zero attached hydrogens (tertiary/aromatic N) is 1. The summed E-state index contributed by atoms with van der Waals surface area (Å²) in [6.45, 7) is 0.601. The summed E-state index contributed by atoms with van der Waals surface area (Å²) < 4.78 is 6.35. The van der Waals surface area contributed by atoms with E-state index in [1.807, 2.05) is 32.3 Å². The Morgan fingerprint density at radius 2 is 2.06 bits per heavy atom. The topological polar surface area (TPSA) is 28.4 Å². The van der Waals surface area contributed by atoms with Crippen LogP contribution >= 0.6 is 27.5 Å². The summed E-state index contributed by atoms with van der Waals surface area (Å²) in [5, 5.41) is 3.75. The fourth-order valence-electron chi connectivity index (χ4n) is 1.67. The average Bonchev–Trinajstić information content (AvgIpc) is 2.72. The predicted molar refractivity (Wildman–Crippen MR) is 79.5 cm³/mol. The molecule has 0 amide bonds. The molecular formula is C13H14BrClN2O. The molecule has 5 heteroatoms. The molecule has 2 aromatic rings. The summed E-state index contributed by atoms with van der Waals surface area (Å²) in [7, 11) is 4.02. The number of rotatable bonds is 4. The van der Waals surface area contributed by atoms with Crippen molar-refractivity contribution >= 4 is 38.9 Å². The maximum Gasteiger partial charge on any atom is 0.193 e. The number of anilines is 2. The highest BCUT2D eigenvalue weighted by atomic mass is 79.9. The van der Waals surface area contributed by atoms with Crippen LogP contribution in [0.3, 0.4) is 0 Å². The summed E-state index contributed by atoms with van der Waals surface area (Å²) in [6, 6.07) is 9.72. The first-order valence-electron chi connectivity index (χ1n) is 5.51. The van der Waals surface area contributed by atoms with Crippen molar-refractivity contribution in [3.63, 3.8) is 0 Å². The molecule has 1 aromatic heterocycles. The predicted octanol–water partition coefficient (Wildman–Crippen LogP) is 4.37. The molecule has 0 aliphatic rings. The summed E-state index contributed by atoms with van der Waals surface area (Å²) in [5.41, 5.74) is 2.16. The first-order chi connectivity index (χ1) is 8.56. The van der Waals surface area contributed by atoms with Gasteiger partial charge in [0.05, 0.1) is 17.9 Å². The van der Waals surface area contributed by atoms with E-state index in [4.69, 9.17) is 16.0 Å². The second-order valence-corrected chi connectivity index (χ2v) is 5.40. The third-order valence-electron chi connectivity index (χ3n) is 2.52. The molecule has 18 heavy (non-hydrogen) atoms. The Hall–Kier alpha value is -1.13. The molecule has 2 rings (SSSR count). The van der Waals surface area contributed by atoms with Crippen LogP contribution in [0.1, 0.15) is 5.76 Å². The van der Waals surface area contributed by atoms with Gasteiger partial charge >= 0.3 is 0 Å². The van der Waals surface area contributed by atoms with Gasteiger partial charge in [-0.1, -0.05) is 15.9 Å². The van der Waals surface area contributed by atoms with Crippen molar-refractivity contribution in [1.82, 2.24) is 0 Å². The van der Waals surface area contributed by atoms with Crippen molar-refractivity contribution in [1.29, 1.82) is 0 Å². The van der Waals surface area contributed by atoms with Gasteiger partial charge < -0.3 is 14.6 Å². The van der Waals surface area contributed by atoms with Gasteiger partial charge in [-0.3, -0.25) is 0 Å². The second kappa shape index (κ2) is 5.67. The molecule has 0 saturated carbocycles. The molecule has 96 valence electrons. The number of hydrogen-bond donors (Lipinski definition) is 1. The van der Waals surface area contributed by atoms with Crippen molar-refractivity contribution in [2.75, 3.05) is 24.3 Å². The molecule has 0 saturated heterocycles. The van der Waals surface area contributed by atoms with E-state index in [-0.39, 0.29) is 0 Å². The van der Waals surface area contributed by atoms with Crippen LogP contribution in [0, 0.1) is 0 Å². The SMILES string of the molecule is CN(C)c1ccc(Br)cc1NCc1ccc(Cl)o1. The summed E-state index contributed by atoms with van der Waals surface area (Å²) in [4.78, 5) is 2.06. The van der Waals surface area contributed by atoms with Gasteiger partial charge in [0.1, 0.15) is 5.76 Å². The molecule has 3 nitrogen and oxygen atoms in total. The largest absolute Gasteiger partial charge is 0.448 e. The first kappa shape index (κ1) is 13.3. The smallest absolute Gasteiger partial charge is 0.193 e. The van der Waals surface area contributed by atoms with Gasteiger partial charge in [0.2, 0.25) is 0 Å². The van der Waals surface area contributed by atoms with Gasteiger partial charge in [-0.15, -0.1) is 0 Å². The molecule has 0 aliphatic carbocycles. The Morgan fingerprint density at radius 3 is 2.67 bits per heavy atom. The number of benzene rings is 1. The van der Waals surface area contributed by atoms with Gasteiger partial charge in [-0.05, 0) is 41.9 Å². The normalized spacial score (nSPS) is 10.4. The van der Waals surface area contributed by atoms with Crippen molar-refractivity contribution in [2.45, 2.75) is 6.54 Å². The molecule has 0 fully saturated rings. The average molecular weight is 330 g/mol. The molecule has 0 atom stereocenters.